The van der Waals surface area contributed by atoms with Gasteiger partial charge in [-0.1, -0.05) is 30.3 Å². The summed E-state index contributed by atoms with van der Waals surface area (Å²) in [6.07, 6.45) is 2.16. The molecule has 0 aliphatic rings. The Hall–Kier alpha value is -2.84. The summed E-state index contributed by atoms with van der Waals surface area (Å²) in [5.41, 5.74) is 1.96. The number of nitrogens with one attached hydrogen (secondary N) is 1. The standard InChI is InChI=1S/C18H17N3O4S/c1-13-7-8-16(21(22)23)12-17(13)26(24,25)20-11-9-15-5-2-4-14-6-3-10-19-18(14)15/h2-8,10,12,20H,9,11H2,1H3. The molecule has 0 aliphatic carbocycles. The molecule has 3 rings (SSSR count). The molecular formula is C18H17N3O4S. The Morgan fingerprint density at radius 1 is 1.15 bits per heavy atom. The van der Waals surface area contributed by atoms with Crippen molar-refractivity contribution in [2.45, 2.75) is 18.2 Å². The highest BCUT2D eigenvalue weighted by Gasteiger charge is 2.20. The second kappa shape index (κ2) is 7.19. The molecule has 0 saturated heterocycles. The van der Waals surface area contributed by atoms with Crippen LogP contribution < -0.4 is 4.72 Å². The lowest BCUT2D eigenvalue weighted by Gasteiger charge is -2.10. The van der Waals surface area contributed by atoms with Gasteiger partial charge in [-0.2, -0.15) is 0 Å². The molecule has 0 atom stereocenters. The summed E-state index contributed by atoms with van der Waals surface area (Å²) in [7, 11) is -3.85. The SMILES string of the molecule is Cc1ccc([N+](=O)[O-])cc1S(=O)(=O)NCCc1cccc2cccnc12. The largest absolute Gasteiger partial charge is 0.270 e. The summed E-state index contributed by atoms with van der Waals surface area (Å²) in [6.45, 7) is 1.77. The maximum absolute atomic E-state index is 12.5. The van der Waals surface area contributed by atoms with Gasteiger partial charge in [0.15, 0.2) is 0 Å². The molecular weight excluding hydrogens is 354 g/mol. The lowest BCUT2D eigenvalue weighted by molar-refractivity contribution is -0.385. The maximum Gasteiger partial charge on any atom is 0.270 e. The number of non-ortho nitro benzene ring substituents is 1. The maximum atomic E-state index is 12.5. The van der Waals surface area contributed by atoms with Gasteiger partial charge in [-0.3, -0.25) is 15.1 Å². The summed E-state index contributed by atoms with van der Waals surface area (Å²) in [6, 6.07) is 13.3. The van der Waals surface area contributed by atoms with Crippen molar-refractivity contribution >= 4 is 26.6 Å². The summed E-state index contributed by atoms with van der Waals surface area (Å²) in [4.78, 5) is 14.6. The van der Waals surface area contributed by atoms with Crippen molar-refractivity contribution in [3.05, 3.63) is 76.0 Å². The molecule has 1 aromatic heterocycles. The quantitative estimate of drug-likeness (QED) is 0.530. The minimum absolute atomic E-state index is 0.0808. The molecule has 0 aliphatic heterocycles. The third-order valence-electron chi connectivity index (χ3n) is 4.07. The van der Waals surface area contributed by atoms with E-state index in [0.29, 0.717) is 12.0 Å². The molecule has 26 heavy (non-hydrogen) atoms. The van der Waals surface area contributed by atoms with Gasteiger partial charge >= 0.3 is 0 Å². The van der Waals surface area contributed by atoms with Crippen LogP contribution in [0.25, 0.3) is 10.9 Å². The number of aryl methyl sites for hydroxylation is 1. The van der Waals surface area contributed by atoms with E-state index in [0.717, 1.165) is 22.5 Å². The van der Waals surface area contributed by atoms with E-state index in [4.69, 9.17) is 0 Å². The zero-order valence-electron chi connectivity index (χ0n) is 14.0. The van der Waals surface area contributed by atoms with Gasteiger partial charge in [-0.25, -0.2) is 13.1 Å². The van der Waals surface area contributed by atoms with Crippen molar-refractivity contribution in [2.75, 3.05) is 6.54 Å². The monoisotopic (exact) mass is 371 g/mol. The van der Waals surface area contributed by atoms with E-state index in [1.54, 1.807) is 13.1 Å². The molecule has 0 saturated carbocycles. The van der Waals surface area contributed by atoms with Crippen molar-refractivity contribution in [1.29, 1.82) is 0 Å². The second-order valence-electron chi connectivity index (χ2n) is 5.85. The van der Waals surface area contributed by atoms with Crippen LogP contribution in [0.1, 0.15) is 11.1 Å². The molecule has 134 valence electrons. The number of nitrogens with zero attached hydrogens (tertiary/aromatic N) is 2. The minimum Gasteiger partial charge on any atom is -0.258 e. The van der Waals surface area contributed by atoms with Crippen LogP contribution in [-0.4, -0.2) is 24.9 Å². The molecule has 2 aromatic carbocycles. The number of hydrogen-bond donors (Lipinski definition) is 1. The van der Waals surface area contributed by atoms with Crippen LogP contribution in [0.2, 0.25) is 0 Å². The molecule has 0 amide bonds. The number of pyridine rings is 1. The van der Waals surface area contributed by atoms with Gasteiger partial charge in [0.2, 0.25) is 10.0 Å². The smallest absolute Gasteiger partial charge is 0.258 e. The normalized spacial score (nSPS) is 11.6. The molecule has 1 heterocycles. The van der Waals surface area contributed by atoms with E-state index in [-0.39, 0.29) is 17.1 Å². The van der Waals surface area contributed by atoms with Crippen molar-refractivity contribution in [1.82, 2.24) is 9.71 Å². The minimum atomic E-state index is -3.85. The van der Waals surface area contributed by atoms with Crippen LogP contribution in [0.5, 0.6) is 0 Å². The van der Waals surface area contributed by atoms with E-state index in [2.05, 4.69) is 9.71 Å². The van der Waals surface area contributed by atoms with E-state index in [1.807, 2.05) is 30.3 Å². The first-order chi connectivity index (χ1) is 12.4. The fourth-order valence-electron chi connectivity index (χ4n) is 2.76. The number of hydrogen-bond acceptors (Lipinski definition) is 5. The Balaban J connectivity index is 1.79. The van der Waals surface area contributed by atoms with Crippen molar-refractivity contribution in [3.63, 3.8) is 0 Å². The third-order valence-corrected chi connectivity index (χ3v) is 5.68. The Bertz CT molecular complexity index is 1080. The van der Waals surface area contributed by atoms with Crippen LogP contribution in [0, 0.1) is 17.0 Å². The lowest BCUT2D eigenvalue weighted by Crippen LogP contribution is -2.26. The number of para-hydroxylation sites is 1. The number of fused-ring (bicyclic) bond motifs is 1. The van der Waals surface area contributed by atoms with Crippen LogP contribution in [0.4, 0.5) is 5.69 Å². The van der Waals surface area contributed by atoms with Gasteiger partial charge in [0, 0.05) is 30.3 Å². The number of sulfonamides is 1. The third kappa shape index (κ3) is 3.71. The van der Waals surface area contributed by atoms with E-state index < -0.39 is 14.9 Å². The average molecular weight is 371 g/mol. The zero-order chi connectivity index (χ0) is 18.7. The van der Waals surface area contributed by atoms with E-state index in [1.165, 1.54) is 12.1 Å². The van der Waals surface area contributed by atoms with Gasteiger partial charge in [0.1, 0.15) is 0 Å². The number of nitro groups is 1. The molecule has 0 unspecified atom stereocenters. The predicted molar refractivity (Wildman–Crippen MR) is 98.5 cm³/mol. The summed E-state index contributed by atoms with van der Waals surface area (Å²) in [5.74, 6) is 0. The molecule has 8 heteroatoms. The Labute approximate surface area is 150 Å². The summed E-state index contributed by atoms with van der Waals surface area (Å²) in [5, 5.41) is 11.9. The lowest BCUT2D eigenvalue weighted by atomic mass is 10.1. The van der Waals surface area contributed by atoms with E-state index >= 15 is 0 Å². The van der Waals surface area contributed by atoms with Crippen LogP contribution >= 0.6 is 0 Å². The Morgan fingerprint density at radius 3 is 2.69 bits per heavy atom. The van der Waals surface area contributed by atoms with Crippen LogP contribution in [-0.2, 0) is 16.4 Å². The van der Waals surface area contributed by atoms with Gasteiger partial charge in [-0.05, 0) is 30.5 Å². The first-order valence-corrected chi connectivity index (χ1v) is 9.44. The highest BCUT2D eigenvalue weighted by molar-refractivity contribution is 7.89. The first kappa shape index (κ1) is 18.0. The number of rotatable bonds is 6. The second-order valence-corrected chi connectivity index (χ2v) is 7.58. The highest BCUT2D eigenvalue weighted by Crippen LogP contribution is 2.22. The predicted octanol–water partition coefficient (Wildman–Crippen LogP) is 2.97. The van der Waals surface area contributed by atoms with Gasteiger partial charge < -0.3 is 0 Å². The molecule has 7 nitrogen and oxygen atoms in total. The number of nitro benzene ring substituents is 1. The molecule has 0 spiro atoms. The van der Waals surface area contributed by atoms with Crippen molar-refractivity contribution in [3.8, 4) is 0 Å². The molecule has 1 N–H and O–H groups in total. The average Bonchev–Trinajstić information content (AvgIpc) is 2.62. The van der Waals surface area contributed by atoms with Crippen molar-refractivity contribution in [2.24, 2.45) is 0 Å². The molecule has 0 bridgehead atoms. The number of aromatic nitrogens is 1. The topological polar surface area (TPSA) is 102 Å². The van der Waals surface area contributed by atoms with Gasteiger partial charge in [0.25, 0.3) is 5.69 Å². The number of benzene rings is 2. The van der Waals surface area contributed by atoms with Gasteiger partial charge in [-0.15, -0.1) is 0 Å². The fraction of sp³-hybridized carbons (Fsp3) is 0.167. The fourth-order valence-corrected chi connectivity index (χ4v) is 4.05. The Kier molecular flexibility index (Phi) is 4.97. The molecule has 0 fully saturated rings. The molecule has 0 radical (unpaired) electrons. The Morgan fingerprint density at radius 2 is 1.92 bits per heavy atom. The zero-order valence-corrected chi connectivity index (χ0v) is 14.9. The van der Waals surface area contributed by atoms with Crippen LogP contribution in [0.15, 0.2) is 59.6 Å². The van der Waals surface area contributed by atoms with Crippen molar-refractivity contribution < 1.29 is 13.3 Å². The summed E-state index contributed by atoms with van der Waals surface area (Å²) < 4.78 is 27.6. The van der Waals surface area contributed by atoms with Crippen LogP contribution in [0.3, 0.4) is 0 Å². The van der Waals surface area contributed by atoms with Gasteiger partial charge in [0.05, 0.1) is 15.3 Å². The highest BCUT2D eigenvalue weighted by atomic mass is 32.2. The van der Waals surface area contributed by atoms with E-state index in [9.17, 15) is 18.5 Å². The summed E-state index contributed by atoms with van der Waals surface area (Å²) >= 11 is 0. The first-order valence-electron chi connectivity index (χ1n) is 7.96. The molecule has 3 aromatic rings.